The maximum atomic E-state index is 4.74. The largest absolute Gasteiger partial charge is 0.349 e. The lowest BCUT2D eigenvalue weighted by Crippen LogP contribution is -2.52. The molecule has 0 spiro atoms. The number of nitrogens with zero attached hydrogens (tertiary/aromatic N) is 5. The molecule has 0 radical (unpaired) electrons. The van der Waals surface area contributed by atoms with Crippen molar-refractivity contribution < 1.29 is 0 Å². The number of hydrogen-bond acceptors (Lipinski definition) is 3. The normalized spacial score (nSPS) is 15.4. The van der Waals surface area contributed by atoms with Gasteiger partial charge >= 0.3 is 0 Å². The molecule has 0 saturated carbocycles. The van der Waals surface area contributed by atoms with E-state index >= 15 is 0 Å². The van der Waals surface area contributed by atoms with Gasteiger partial charge in [-0.1, -0.05) is 42.5 Å². The SMILES string of the molecule is CN=C(NCc1nc2ccccc2n1C)N1CCN(Cc2ccccc2)CC1.I. The molecule has 7 heteroatoms. The summed E-state index contributed by atoms with van der Waals surface area (Å²) in [4.78, 5) is 14.1. The first-order valence-corrected chi connectivity index (χ1v) is 9.87. The van der Waals surface area contributed by atoms with Crippen LogP contribution in [0.2, 0.25) is 0 Å². The molecule has 29 heavy (non-hydrogen) atoms. The second kappa shape index (κ2) is 10.1. The van der Waals surface area contributed by atoms with E-state index in [4.69, 9.17) is 4.98 Å². The molecule has 154 valence electrons. The minimum absolute atomic E-state index is 0. The van der Waals surface area contributed by atoms with E-state index in [1.54, 1.807) is 0 Å². The van der Waals surface area contributed by atoms with Crippen molar-refractivity contribution in [3.63, 3.8) is 0 Å². The van der Waals surface area contributed by atoms with Gasteiger partial charge in [0.05, 0.1) is 17.6 Å². The van der Waals surface area contributed by atoms with E-state index in [-0.39, 0.29) is 24.0 Å². The monoisotopic (exact) mass is 504 g/mol. The number of imidazole rings is 1. The molecule has 1 saturated heterocycles. The molecule has 4 rings (SSSR count). The van der Waals surface area contributed by atoms with E-state index in [0.29, 0.717) is 6.54 Å². The third-order valence-corrected chi connectivity index (χ3v) is 5.42. The van der Waals surface area contributed by atoms with Gasteiger partial charge in [-0.15, -0.1) is 24.0 Å². The van der Waals surface area contributed by atoms with Gasteiger partial charge in [0.15, 0.2) is 5.96 Å². The Hall–Kier alpha value is -2.13. The van der Waals surface area contributed by atoms with Crippen LogP contribution in [0.3, 0.4) is 0 Å². The van der Waals surface area contributed by atoms with Crippen molar-refractivity contribution in [2.75, 3.05) is 33.2 Å². The van der Waals surface area contributed by atoms with E-state index < -0.39 is 0 Å². The molecule has 6 nitrogen and oxygen atoms in total. The number of hydrogen-bond donors (Lipinski definition) is 1. The van der Waals surface area contributed by atoms with Crippen LogP contribution in [0.15, 0.2) is 59.6 Å². The van der Waals surface area contributed by atoms with Crippen molar-refractivity contribution in [3.8, 4) is 0 Å². The van der Waals surface area contributed by atoms with Crippen LogP contribution < -0.4 is 5.32 Å². The minimum Gasteiger partial charge on any atom is -0.349 e. The summed E-state index contributed by atoms with van der Waals surface area (Å²) in [6.07, 6.45) is 0. The molecular weight excluding hydrogens is 475 g/mol. The number of para-hydroxylation sites is 2. The number of aliphatic imine (C=N–C) groups is 1. The Labute approximate surface area is 189 Å². The number of rotatable bonds is 4. The van der Waals surface area contributed by atoms with Crippen molar-refractivity contribution in [2.24, 2.45) is 12.0 Å². The van der Waals surface area contributed by atoms with Gasteiger partial charge in [-0.05, 0) is 17.7 Å². The summed E-state index contributed by atoms with van der Waals surface area (Å²) < 4.78 is 2.15. The van der Waals surface area contributed by atoms with Crippen LogP contribution in [-0.4, -0.2) is 58.5 Å². The van der Waals surface area contributed by atoms with E-state index in [0.717, 1.165) is 55.5 Å². The van der Waals surface area contributed by atoms with Crippen LogP contribution in [0.1, 0.15) is 11.4 Å². The molecule has 1 aliphatic rings. The lowest BCUT2D eigenvalue weighted by Gasteiger charge is -2.36. The Bertz CT molecular complexity index is 944. The van der Waals surface area contributed by atoms with Crippen molar-refractivity contribution in [1.82, 2.24) is 24.7 Å². The van der Waals surface area contributed by atoms with Gasteiger partial charge < -0.3 is 14.8 Å². The number of aryl methyl sites for hydroxylation is 1. The van der Waals surface area contributed by atoms with Crippen molar-refractivity contribution in [2.45, 2.75) is 13.1 Å². The van der Waals surface area contributed by atoms with E-state index in [1.165, 1.54) is 5.56 Å². The first-order valence-electron chi connectivity index (χ1n) is 9.87. The molecule has 0 aliphatic carbocycles. The third-order valence-electron chi connectivity index (χ3n) is 5.42. The fourth-order valence-electron chi connectivity index (χ4n) is 3.80. The van der Waals surface area contributed by atoms with E-state index in [2.05, 4.69) is 80.3 Å². The van der Waals surface area contributed by atoms with Gasteiger partial charge in [0, 0.05) is 46.8 Å². The summed E-state index contributed by atoms with van der Waals surface area (Å²) in [6.45, 7) is 5.73. The summed E-state index contributed by atoms with van der Waals surface area (Å²) in [7, 11) is 3.92. The zero-order valence-electron chi connectivity index (χ0n) is 17.1. The highest BCUT2D eigenvalue weighted by Crippen LogP contribution is 2.14. The Morgan fingerprint density at radius 3 is 2.38 bits per heavy atom. The molecule has 0 bridgehead atoms. The second-order valence-electron chi connectivity index (χ2n) is 7.23. The lowest BCUT2D eigenvalue weighted by molar-refractivity contribution is 0.172. The van der Waals surface area contributed by atoms with E-state index in [9.17, 15) is 0 Å². The number of piperazine rings is 1. The average molecular weight is 504 g/mol. The predicted octanol–water partition coefficient (Wildman–Crippen LogP) is 3.08. The molecule has 0 unspecified atom stereocenters. The first-order chi connectivity index (χ1) is 13.7. The lowest BCUT2D eigenvalue weighted by atomic mass is 10.2. The van der Waals surface area contributed by atoms with Crippen LogP contribution in [-0.2, 0) is 20.1 Å². The van der Waals surface area contributed by atoms with Gasteiger partial charge in [0.1, 0.15) is 5.82 Å². The summed E-state index contributed by atoms with van der Waals surface area (Å²) in [6, 6.07) is 18.9. The van der Waals surface area contributed by atoms with Gasteiger partial charge in [-0.3, -0.25) is 9.89 Å². The van der Waals surface area contributed by atoms with Crippen molar-refractivity contribution in [1.29, 1.82) is 0 Å². The fraction of sp³-hybridized carbons (Fsp3) is 0.364. The van der Waals surface area contributed by atoms with Crippen LogP contribution in [0.25, 0.3) is 11.0 Å². The molecule has 0 amide bonds. The molecule has 3 aromatic rings. The maximum Gasteiger partial charge on any atom is 0.194 e. The predicted molar refractivity (Wildman–Crippen MR) is 130 cm³/mol. The van der Waals surface area contributed by atoms with Crippen molar-refractivity contribution in [3.05, 3.63) is 66.0 Å². The molecule has 1 aromatic heterocycles. The zero-order chi connectivity index (χ0) is 19.3. The summed E-state index contributed by atoms with van der Waals surface area (Å²) in [5.74, 6) is 1.97. The molecule has 2 aromatic carbocycles. The number of benzene rings is 2. The highest BCUT2D eigenvalue weighted by molar-refractivity contribution is 14.0. The highest BCUT2D eigenvalue weighted by atomic mass is 127. The molecule has 2 heterocycles. The topological polar surface area (TPSA) is 48.7 Å². The van der Waals surface area contributed by atoms with Crippen LogP contribution in [0, 0.1) is 0 Å². The molecule has 1 fully saturated rings. The minimum atomic E-state index is 0. The number of halogens is 1. The van der Waals surface area contributed by atoms with Gasteiger partial charge in [0.25, 0.3) is 0 Å². The molecule has 1 N–H and O–H groups in total. The zero-order valence-corrected chi connectivity index (χ0v) is 19.4. The fourth-order valence-corrected chi connectivity index (χ4v) is 3.80. The summed E-state index contributed by atoms with van der Waals surface area (Å²) in [5, 5.41) is 3.50. The Kier molecular flexibility index (Phi) is 7.49. The standard InChI is InChI=1S/C22H28N6.HI/c1-23-22(24-16-21-25-19-10-6-7-11-20(19)26(21)2)28-14-12-27(13-15-28)17-18-8-4-3-5-9-18;/h3-11H,12-17H2,1-2H3,(H,23,24);1H. The Morgan fingerprint density at radius 2 is 1.69 bits per heavy atom. The molecule has 1 aliphatic heterocycles. The van der Waals surface area contributed by atoms with Crippen LogP contribution in [0.4, 0.5) is 0 Å². The van der Waals surface area contributed by atoms with E-state index in [1.807, 2.05) is 13.1 Å². The second-order valence-corrected chi connectivity index (χ2v) is 7.23. The highest BCUT2D eigenvalue weighted by Gasteiger charge is 2.20. The number of aromatic nitrogens is 2. The van der Waals surface area contributed by atoms with Crippen LogP contribution in [0.5, 0.6) is 0 Å². The number of nitrogens with one attached hydrogen (secondary N) is 1. The van der Waals surface area contributed by atoms with Gasteiger partial charge in [-0.2, -0.15) is 0 Å². The average Bonchev–Trinajstić information content (AvgIpc) is 3.06. The van der Waals surface area contributed by atoms with Crippen molar-refractivity contribution >= 4 is 41.0 Å². The van der Waals surface area contributed by atoms with Gasteiger partial charge in [0.2, 0.25) is 0 Å². The summed E-state index contributed by atoms with van der Waals surface area (Å²) in [5.41, 5.74) is 3.57. The van der Waals surface area contributed by atoms with Gasteiger partial charge in [-0.25, -0.2) is 4.98 Å². The smallest absolute Gasteiger partial charge is 0.194 e. The Morgan fingerprint density at radius 1 is 1.00 bits per heavy atom. The molecule has 0 atom stereocenters. The number of guanidine groups is 1. The van der Waals surface area contributed by atoms with Crippen LogP contribution >= 0.6 is 24.0 Å². The Balaban J connectivity index is 0.00000240. The number of fused-ring (bicyclic) bond motifs is 1. The summed E-state index contributed by atoms with van der Waals surface area (Å²) >= 11 is 0. The molecular formula is C22H29IN6. The first kappa shape index (κ1) is 21.6. The quantitative estimate of drug-likeness (QED) is 0.337. The third kappa shape index (κ3) is 5.08. The maximum absolute atomic E-state index is 4.74.